The zero-order valence-electron chi connectivity index (χ0n) is 12.5. The van der Waals surface area contributed by atoms with Crippen LogP contribution in [0.25, 0.3) is 0 Å². The van der Waals surface area contributed by atoms with Gasteiger partial charge in [0.25, 0.3) is 11.8 Å². The van der Waals surface area contributed by atoms with Gasteiger partial charge in [0.1, 0.15) is 0 Å². The summed E-state index contributed by atoms with van der Waals surface area (Å²) in [6, 6.07) is -0.164. The van der Waals surface area contributed by atoms with Crippen LogP contribution in [0.3, 0.4) is 0 Å². The maximum Gasteiger partial charge on any atom is 0.257 e. The van der Waals surface area contributed by atoms with Crippen LogP contribution in [0.5, 0.6) is 0 Å². The van der Waals surface area contributed by atoms with Gasteiger partial charge < -0.3 is 10.2 Å². The first-order valence-corrected chi connectivity index (χ1v) is 7.16. The van der Waals surface area contributed by atoms with Gasteiger partial charge in [0.15, 0.2) is 0 Å². The molecule has 1 aliphatic rings. The van der Waals surface area contributed by atoms with Crippen LogP contribution in [-0.2, 0) is 7.05 Å². The molecule has 8 heteroatoms. The van der Waals surface area contributed by atoms with Gasteiger partial charge in [-0.2, -0.15) is 10.2 Å². The summed E-state index contributed by atoms with van der Waals surface area (Å²) in [5, 5.41) is 13.5. The first-order valence-electron chi connectivity index (χ1n) is 7.16. The van der Waals surface area contributed by atoms with Gasteiger partial charge in [-0.05, 0) is 12.8 Å². The first-order chi connectivity index (χ1) is 10.6. The predicted octanol–water partition coefficient (Wildman–Crippen LogP) is 0.480. The summed E-state index contributed by atoms with van der Waals surface area (Å²) in [5.74, 6) is -0.280. The van der Waals surface area contributed by atoms with Gasteiger partial charge in [-0.15, -0.1) is 0 Å². The Morgan fingerprint density at radius 1 is 1.41 bits per heavy atom. The highest BCUT2D eigenvalue weighted by Gasteiger charge is 2.34. The lowest BCUT2D eigenvalue weighted by atomic mass is 10.1. The van der Waals surface area contributed by atoms with Gasteiger partial charge in [-0.1, -0.05) is 0 Å². The van der Waals surface area contributed by atoms with Crippen molar-refractivity contribution in [3.05, 3.63) is 35.4 Å². The molecule has 1 fully saturated rings. The second-order valence-electron chi connectivity index (χ2n) is 5.34. The molecule has 0 bridgehead atoms. The van der Waals surface area contributed by atoms with E-state index in [0.717, 1.165) is 12.8 Å². The van der Waals surface area contributed by atoms with Crippen LogP contribution in [0.1, 0.15) is 45.3 Å². The van der Waals surface area contributed by atoms with E-state index in [0.29, 0.717) is 23.4 Å². The standard InChI is InChI=1S/C14H18N6O2/c1-15-13(21)10-7-16-18-12(10)11-4-3-5-20(11)14(22)9-6-17-19(2)8-9/h6-8,11H,3-5H2,1-2H3,(H,15,21)(H,16,18). The van der Waals surface area contributed by atoms with Crippen molar-refractivity contribution in [3.63, 3.8) is 0 Å². The number of hydrogen-bond acceptors (Lipinski definition) is 4. The van der Waals surface area contributed by atoms with Crippen LogP contribution in [-0.4, -0.2) is 50.3 Å². The Bertz CT molecular complexity index is 704. The van der Waals surface area contributed by atoms with E-state index in [-0.39, 0.29) is 17.9 Å². The molecule has 2 amide bonds. The van der Waals surface area contributed by atoms with E-state index >= 15 is 0 Å². The highest BCUT2D eigenvalue weighted by molar-refractivity contribution is 5.96. The summed E-state index contributed by atoms with van der Waals surface area (Å²) in [5.41, 5.74) is 1.72. The largest absolute Gasteiger partial charge is 0.355 e. The Morgan fingerprint density at radius 3 is 2.91 bits per heavy atom. The van der Waals surface area contributed by atoms with Crippen LogP contribution < -0.4 is 5.32 Å². The molecule has 0 aromatic carbocycles. The lowest BCUT2D eigenvalue weighted by Gasteiger charge is -2.24. The average molecular weight is 302 g/mol. The Morgan fingerprint density at radius 2 is 2.23 bits per heavy atom. The molecule has 0 radical (unpaired) electrons. The van der Waals surface area contributed by atoms with E-state index in [4.69, 9.17) is 0 Å². The number of nitrogens with one attached hydrogen (secondary N) is 2. The molecular formula is C14H18N6O2. The van der Waals surface area contributed by atoms with Crippen molar-refractivity contribution in [2.24, 2.45) is 7.05 Å². The Hall–Kier alpha value is -2.64. The second kappa shape index (κ2) is 5.63. The fourth-order valence-electron chi connectivity index (χ4n) is 2.87. The number of H-pyrrole nitrogens is 1. The third-order valence-corrected chi connectivity index (χ3v) is 3.94. The first kappa shape index (κ1) is 14.3. The number of hydrogen-bond donors (Lipinski definition) is 2. The minimum absolute atomic E-state index is 0.0759. The highest BCUT2D eigenvalue weighted by atomic mass is 16.2. The molecule has 116 valence electrons. The molecule has 3 heterocycles. The van der Waals surface area contributed by atoms with E-state index in [1.807, 2.05) is 0 Å². The van der Waals surface area contributed by atoms with Crippen LogP contribution >= 0.6 is 0 Å². The minimum atomic E-state index is -0.204. The van der Waals surface area contributed by atoms with Crippen molar-refractivity contribution in [2.45, 2.75) is 18.9 Å². The minimum Gasteiger partial charge on any atom is -0.355 e. The molecule has 1 atom stereocenters. The lowest BCUT2D eigenvalue weighted by Crippen LogP contribution is -2.32. The van der Waals surface area contributed by atoms with Gasteiger partial charge in [-0.25, -0.2) is 0 Å². The van der Waals surface area contributed by atoms with Gasteiger partial charge in [0.05, 0.1) is 35.3 Å². The highest BCUT2D eigenvalue weighted by Crippen LogP contribution is 2.33. The van der Waals surface area contributed by atoms with Gasteiger partial charge in [0, 0.05) is 26.8 Å². The molecule has 1 unspecified atom stereocenters. The van der Waals surface area contributed by atoms with Crippen molar-refractivity contribution in [1.29, 1.82) is 0 Å². The van der Waals surface area contributed by atoms with Crippen molar-refractivity contribution in [3.8, 4) is 0 Å². The summed E-state index contributed by atoms with van der Waals surface area (Å²) < 4.78 is 1.60. The van der Waals surface area contributed by atoms with Crippen LogP contribution in [0.2, 0.25) is 0 Å². The third-order valence-electron chi connectivity index (χ3n) is 3.94. The number of carbonyl (C=O) groups excluding carboxylic acids is 2. The number of aromatic nitrogens is 4. The number of aromatic amines is 1. The SMILES string of the molecule is CNC(=O)c1cn[nH]c1C1CCCN1C(=O)c1cnn(C)c1. The van der Waals surface area contributed by atoms with Crippen LogP contribution in [0, 0.1) is 0 Å². The van der Waals surface area contributed by atoms with Crippen LogP contribution in [0.4, 0.5) is 0 Å². The van der Waals surface area contributed by atoms with Crippen molar-refractivity contribution < 1.29 is 9.59 Å². The molecule has 0 saturated carbocycles. The van der Waals surface area contributed by atoms with Crippen molar-refractivity contribution in [2.75, 3.05) is 13.6 Å². The number of carbonyl (C=O) groups is 2. The Kier molecular flexibility index (Phi) is 3.66. The third kappa shape index (κ3) is 2.36. The van der Waals surface area contributed by atoms with Crippen molar-refractivity contribution in [1.82, 2.24) is 30.2 Å². The van der Waals surface area contributed by atoms with Gasteiger partial charge >= 0.3 is 0 Å². The maximum absolute atomic E-state index is 12.7. The summed E-state index contributed by atoms with van der Waals surface area (Å²) in [6.45, 7) is 0.657. The van der Waals surface area contributed by atoms with E-state index < -0.39 is 0 Å². The number of likely N-dealkylation sites (tertiary alicyclic amines) is 1. The monoisotopic (exact) mass is 302 g/mol. The van der Waals surface area contributed by atoms with E-state index in [9.17, 15) is 9.59 Å². The number of amides is 2. The molecule has 2 aromatic heterocycles. The summed E-state index contributed by atoms with van der Waals surface area (Å²) in [4.78, 5) is 26.3. The van der Waals surface area contributed by atoms with Crippen molar-refractivity contribution >= 4 is 11.8 Å². The molecule has 2 aromatic rings. The summed E-state index contributed by atoms with van der Waals surface area (Å²) in [7, 11) is 3.35. The predicted molar refractivity (Wildman–Crippen MR) is 78.2 cm³/mol. The van der Waals surface area contributed by atoms with Gasteiger partial charge in [0.2, 0.25) is 0 Å². The molecule has 1 aliphatic heterocycles. The molecule has 0 aliphatic carbocycles. The zero-order chi connectivity index (χ0) is 15.7. The quantitative estimate of drug-likeness (QED) is 0.862. The molecule has 1 saturated heterocycles. The smallest absolute Gasteiger partial charge is 0.257 e. The average Bonchev–Trinajstić information content (AvgIpc) is 3.24. The molecule has 3 rings (SSSR count). The lowest BCUT2D eigenvalue weighted by molar-refractivity contribution is 0.0729. The number of nitrogens with zero attached hydrogens (tertiary/aromatic N) is 4. The van der Waals surface area contributed by atoms with Crippen LogP contribution in [0.15, 0.2) is 18.6 Å². The molecule has 2 N–H and O–H groups in total. The van der Waals surface area contributed by atoms with E-state index in [2.05, 4.69) is 20.6 Å². The summed E-state index contributed by atoms with van der Waals surface area (Å²) in [6.07, 6.45) is 6.45. The molecule has 0 spiro atoms. The molecule has 22 heavy (non-hydrogen) atoms. The van der Waals surface area contributed by atoms with E-state index in [1.165, 1.54) is 6.20 Å². The molecule has 8 nitrogen and oxygen atoms in total. The molecular weight excluding hydrogens is 284 g/mol. The normalized spacial score (nSPS) is 17.7. The Labute approximate surface area is 127 Å². The summed E-state index contributed by atoms with van der Waals surface area (Å²) >= 11 is 0. The van der Waals surface area contributed by atoms with Gasteiger partial charge in [-0.3, -0.25) is 19.4 Å². The fourth-order valence-corrected chi connectivity index (χ4v) is 2.87. The number of rotatable bonds is 3. The zero-order valence-corrected chi connectivity index (χ0v) is 12.5. The number of aryl methyl sites for hydroxylation is 1. The maximum atomic E-state index is 12.7. The Balaban J connectivity index is 1.89. The fraction of sp³-hybridized carbons (Fsp3) is 0.429. The second-order valence-corrected chi connectivity index (χ2v) is 5.34. The topological polar surface area (TPSA) is 95.9 Å². The van der Waals surface area contributed by atoms with E-state index in [1.54, 1.807) is 36.1 Å².